The van der Waals surface area contributed by atoms with Crippen LogP contribution in [0.15, 0.2) is 64.2 Å². The van der Waals surface area contributed by atoms with E-state index in [0.29, 0.717) is 22.4 Å². The summed E-state index contributed by atoms with van der Waals surface area (Å²) in [5.41, 5.74) is 6.91. The van der Waals surface area contributed by atoms with E-state index in [1.165, 1.54) is 11.8 Å². The van der Waals surface area contributed by atoms with E-state index in [9.17, 15) is 9.59 Å². The summed E-state index contributed by atoms with van der Waals surface area (Å²) < 4.78 is 5.55. The van der Waals surface area contributed by atoms with Gasteiger partial charge >= 0.3 is 6.03 Å². The number of ketones is 1. The fraction of sp³-hybridized carbons (Fsp3) is 0.0588. The molecule has 0 saturated carbocycles. The smallest absolute Gasteiger partial charge is 0.316 e. The molecule has 8 heteroatoms. The van der Waals surface area contributed by atoms with E-state index in [1.54, 1.807) is 24.3 Å². The van der Waals surface area contributed by atoms with Crippen molar-refractivity contribution in [3.8, 4) is 11.5 Å². The van der Waals surface area contributed by atoms with Gasteiger partial charge in [-0.2, -0.15) is 0 Å². The van der Waals surface area contributed by atoms with Gasteiger partial charge in [0.1, 0.15) is 0 Å². The van der Waals surface area contributed by atoms with Gasteiger partial charge in [-0.25, -0.2) is 4.79 Å². The van der Waals surface area contributed by atoms with E-state index in [-0.39, 0.29) is 11.5 Å². The number of carbonyl (C=O) groups excluding carboxylic acids is 2. The molecule has 2 aromatic carbocycles. The molecule has 0 aliphatic heterocycles. The first-order valence-corrected chi connectivity index (χ1v) is 8.32. The minimum Gasteiger partial charge on any atom is -0.411 e. The van der Waals surface area contributed by atoms with Crippen molar-refractivity contribution in [2.24, 2.45) is 5.73 Å². The Bertz CT molecular complexity index is 878. The van der Waals surface area contributed by atoms with Crippen molar-refractivity contribution in [1.82, 2.24) is 10.2 Å². The Hall–Kier alpha value is -3.13. The lowest BCUT2D eigenvalue weighted by Gasteiger charge is -2.03. The monoisotopic (exact) mass is 354 g/mol. The van der Waals surface area contributed by atoms with Crippen molar-refractivity contribution in [3.05, 3.63) is 60.2 Å². The molecule has 3 aromatic rings. The molecule has 2 amide bonds. The Labute approximate surface area is 147 Å². The molecule has 0 atom stereocenters. The molecule has 1 aromatic heterocycles. The molecular formula is C17H14N4O3S. The van der Waals surface area contributed by atoms with E-state index in [1.807, 2.05) is 30.3 Å². The van der Waals surface area contributed by atoms with Gasteiger partial charge in [-0.3, -0.25) is 4.79 Å². The molecule has 1 heterocycles. The van der Waals surface area contributed by atoms with Crippen molar-refractivity contribution in [2.45, 2.75) is 5.22 Å². The van der Waals surface area contributed by atoms with Crippen LogP contribution in [0.4, 0.5) is 10.5 Å². The summed E-state index contributed by atoms with van der Waals surface area (Å²) in [6.45, 7) is 0. The van der Waals surface area contributed by atoms with Crippen molar-refractivity contribution >= 4 is 29.3 Å². The number of anilines is 1. The lowest BCUT2D eigenvalue weighted by molar-refractivity contribution is 0.102. The van der Waals surface area contributed by atoms with E-state index in [0.717, 1.165) is 5.56 Å². The predicted octanol–water partition coefficient (Wildman–Crippen LogP) is 3.20. The first kappa shape index (κ1) is 16.7. The predicted molar refractivity (Wildman–Crippen MR) is 94.4 cm³/mol. The van der Waals surface area contributed by atoms with Crippen LogP contribution in [0, 0.1) is 0 Å². The number of hydrogen-bond donors (Lipinski definition) is 2. The number of nitrogens with zero attached hydrogens (tertiary/aromatic N) is 2. The Morgan fingerprint density at radius 1 is 1.04 bits per heavy atom. The Morgan fingerprint density at radius 2 is 1.76 bits per heavy atom. The molecule has 0 aliphatic rings. The van der Waals surface area contributed by atoms with Crippen LogP contribution in [0.1, 0.15) is 10.4 Å². The van der Waals surface area contributed by atoms with Gasteiger partial charge in [0.05, 0.1) is 5.75 Å². The molecule has 0 saturated heterocycles. The van der Waals surface area contributed by atoms with E-state index in [2.05, 4.69) is 15.5 Å². The molecule has 7 nitrogen and oxygen atoms in total. The lowest BCUT2D eigenvalue weighted by Crippen LogP contribution is -2.19. The van der Waals surface area contributed by atoms with E-state index < -0.39 is 6.03 Å². The zero-order valence-corrected chi connectivity index (χ0v) is 13.8. The molecule has 0 aliphatic carbocycles. The van der Waals surface area contributed by atoms with Crippen molar-refractivity contribution in [2.75, 3.05) is 11.1 Å². The number of hydrogen-bond acceptors (Lipinski definition) is 6. The number of aromatic nitrogens is 2. The summed E-state index contributed by atoms with van der Waals surface area (Å²) in [6, 6.07) is 15.2. The highest BCUT2D eigenvalue weighted by Crippen LogP contribution is 2.23. The molecule has 126 valence electrons. The van der Waals surface area contributed by atoms with Crippen LogP contribution >= 0.6 is 11.8 Å². The topological polar surface area (TPSA) is 111 Å². The molecule has 0 radical (unpaired) electrons. The third kappa shape index (κ3) is 4.45. The van der Waals surface area contributed by atoms with Crippen molar-refractivity contribution in [1.29, 1.82) is 0 Å². The lowest BCUT2D eigenvalue weighted by atomic mass is 10.1. The highest BCUT2D eigenvalue weighted by molar-refractivity contribution is 7.99. The number of rotatable bonds is 6. The Kier molecular flexibility index (Phi) is 5.10. The van der Waals surface area contributed by atoms with Gasteiger partial charge in [0.15, 0.2) is 5.78 Å². The van der Waals surface area contributed by atoms with Gasteiger partial charge in [0.25, 0.3) is 5.22 Å². The van der Waals surface area contributed by atoms with Crippen LogP contribution in [0.2, 0.25) is 0 Å². The summed E-state index contributed by atoms with van der Waals surface area (Å²) in [4.78, 5) is 23.0. The number of nitrogens with two attached hydrogens (primary N) is 1. The number of Topliss-reactive ketones (excluding diaryl/α,β-unsaturated/α-hetero) is 1. The largest absolute Gasteiger partial charge is 0.411 e. The first-order chi connectivity index (χ1) is 12.1. The number of urea groups is 1. The number of thioether (sulfide) groups is 1. The van der Waals surface area contributed by atoms with Gasteiger partial charge in [-0.05, 0) is 36.4 Å². The number of amides is 2. The van der Waals surface area contributed by atoms with Gasteiger partial charge in [0, 0.05) is 16.8 Å². The maximum absolute atomic E-state index is 12.2. The van der Waals surface area contributed by atoms with Crippen LogP contribution in [0.3, 0.4) is 0 Å². The average molecular weight is 354 g/mol. The van der Waals surface area contributed by atoms with E-state index in [4.69, 9.17) is 10.2 Å². The standard InChI is InChI=1S/C17H14N4O3S/c18-16(23)19-13-8-6-11(7-9-13)14(22)10-25-17-21-20-15(24-17)12-4-2-1-3-5-12/h1-9H,10H2,(H3,18,19,23). The zero-order chi connectivity index (χ0) is 17.6. The number of benzene rings is 2. The van der Waals surface area contributed by atoms with Gasteiger partial charge < -0.3 is 15.5 Å². The Morgan fingerprint density at radius 3 is 2.44 bits per heavy atom. The second-order valence-electron chi connectivity index (χ2n) is 5.02. The molecule has 0 spiro atoms. The third-order valence-electron chi connectivity index (χ3n) is 3.23. The van der Waals surface area contributed by atoms with Crippen LogP contribution in [-0.2, 0) is 0 Å². The van der Waals surface area contributed by atoms with Gasteiger partial charge in [-0.1, -0.05) is 30.0 Å². The highest BCUT2D eigenvalue weighted by Gasteiger charge is 2.12. The number of carbonyl (C=O) groups is 2. The highest BCUT2D eigenvalue weighted by atomic mass is 32.2. The maximum atomic E-state index is 12.2. The minimum absolute atomic E-state index is 0.0879. The molecule has 0 bridgehead atoms. The molecule has 25 heavy (non-hydrogen) atoms. The summed E-state index contributed by atoms with van der Waals surface area (Å²) >= 11 is 1.17. The van der Waals surface area contributed by atoms with E-state index >= 15 is 0 Å². The first-order valence-electron chi connectivity index (χ1n) is 7.33. The summed E-state index contributed by atoms with van der Waals surface area (Å²) in [7, 11) is 0. The maximum Gasteiger partial charge on any atom is 0.316 e. The Balaban J connectivity index is 1.59. The van der Waals surface area contributed by atoms with Gasteiger partial charge in [0.2, 0.25) is 5.89 Å². The molecule has 3 rings (SSSR count). The fourth-order valence-corrected chi connectivity index (χ4v) is 2.72. The summed E-state index contributed by atoms with van der Waals surface area (Å²) in [5, 5.41) is 10.7. The molecule has 0 unspecified atom stereocenters. The quantitative estimate of drug-likeness (QED) is 0.519. The van der Waals surface area contributed by atoms with Crippen LogP contribution in [0.5, 0.6) is 0 Å². The fourth-order valence-electron chi connectivity index (χ4n) is 2.06. The summed E-state index contributed by atoms with van der Waals surface area (Å²) in [5.74, 6) is 0.492. The van der Waals surface area contributed by atoms with Crippen molar-refractivity contribution in [3.63, 3.8) is 0 Å². The van der Waals surface area contributed by atoms with Crippen molar-refractivity contribution < 1.29 is 14.0 Å². The van der Waals surface area contributed by atoms with Crippen LogP contribution in [-0.4, -0.2) is 27.8 Å². The second kappa shape index (κ2) is 7.63. The molecule has 3 N–H and O–H groups in total. The summed E-state index contributed by atoms with van der Waals surface area (Å²) in [6.07, 6.45) is 0. The normalized spacial score (nSPS) is 10.4. The number of nitrogens with one attached hydrogen (secondary N) is 1. The number of primary amides is 1. The zero-order valence-electron chi connectivity index (χ0n) is 13.0. The van der Waals surface area contributed by atoms with Gasteiger partial charge in [-0.15, -0.1) is 10.2 Å². The molecule has 0 fully saturated rings. The SMILES string of the molecule is NC(=O)Nc1ccc(C(=O)CSc2nnc(-c3ccccc3)o2)cc1. The third-order valence-corrected chi connectivity index (χ3v) is 4.05. The van der Waals surface area contributed by atoms with Crippen LogP contribution < -0.4 is 11.1 Å². The minimum atomic E-state index is -0.653. The molecular weight excluding hydrogens is 340 g/mol. The van der Waals surface area contributed by atoms with Crippen LogP contribution in [0.25, 0.3) is 11.5 Å². The average Bonchev–Trinajstić information content (AvgIpc) is 3.10. The second-order valence-corrected chi connectivity index (χ2v) is 5.94.